The number of hydrogen-bond donors (Lipinski definition) is 0. The third kappa shape index (κ3) is 3.14. The molecule has 0 aliphatic heterocycles. The zero-order valence-corrected chi connectivity index (χ0v) is 17.6. The van der Waals surface area contributed by atoms with E-state index in [1.165, 1.54) is 0 Å². The summed E-state index contributed by atoms with van der Waals surface area (Å²) in [6, 6.07) is 23.4. The van der Waals surface area contributed by atoms with Gasteiger partial charge in [0.2, 0.25) is 0 Å². The van der Waals surface area contributed by atoms with Gasteiger partial charge in [0.05, 0.1) is 17.3 Å². The Morgan fingerprint density at radius 1 is 0.906 bits per heavy atom. The molecular formula is C25H16N4O2S. The van der Waals surface area contributed by atoms with Crippen LogP contribution in [0.5, 0.6) is 0 Å². The van der Waals surface area contributed by atoms with Gasteiger partial charge in [-0.05, 0) is 34.5 Å². The molecule has 6 nitrogen and oxygen atoms in total. The third-order valence-electron chi connectivity index (χ3n) is 5.41. The summed E-state index contributed by atoms with van der Waals surface area (Å²) >= 11 is 1.56. The Morgan fingerprint density at radius 2 is 1.75 bits per heavy atom. The third-order valence-corrected chi connectivity index (χ3v) is 6.46. The van der Waals surface area contributed by atoms with E-state index >= 15 is 0 Å². The second-order valence-electron chi connectivity index (χ2n) is 7.35. The van der Waals surface area contributed by atoms with Crippen LogP contribution in [0.3, 0.4) is 0 Å². The summed E-state index contributed by atoms with van der Waals surface area (Å²) in [5.41, 5.74) is 2.84. The maximum Gasteiger partial charge on any atom is 0.336 e. The lowest BCUT2D eigenvalue weighted by Crippen LogP contribution is -2.00. The molecule has 32 heavy (non-hydrogen) atoms. The molecule has 0 spiro atoms. The molecular weight excluding hydrogens is 420 g/mol. The van der Waals surface area contributed by atoms with Gasteiger partial charge in [-0.2, -0.15) is 5.10 Å². The number of nitrogens with zero attached hydrogens (tertiary/aromatic N) is 4. The first-order valence-corrected chi connectivity index (χ1v) is 11.1. The second kappa shape index (κ2) is 7.62. The van der Waals surface area contributed by atoms with E-state index in [1.807, 2.05) is 54.6 Å². The van der Waals surface area contributed by atoms with Crippen molar-refractivity contribution in [2.45, 2.75) is 10.8 Å². The highest BCUT2D eigenvalue weighted by Crippen LogP contribution is 2.33. The quantitative estimate of drug-likeness (QED) is 0.160. The standard InChI is InChI=1S/C25H16N4O2S/c30-22-12-17(23-19-9-5-4-6-16(19)10-11-21(23)31-22)14-32-25-20-13-28-29(24(20)26-15-27-25)18-7-2-1-3-8-18/h1-13,15H,14H2. The molecule has 0 bridgehead atoms. The minimum absolute atomic E-state index is 0.354. The van der Waals surface area contributed by atoms with Gasteiger partial charge in [-0.3, -0.25) is 0 Å². The van der Waals surface area contributed by atoms with E-state index in [4.69, 9.17) is 4.42 Å². The highest BCUT2D eigenvalue weighted by molar-refractivity contribution is 7.98. The summed E-state index contributed by atoms with van der Waals surface area (Å²) in [5.74, 6) is 0.568. The molecule has 6 rings (SSSR count). The molecule has 3 heterocycles. The van der Waals surface area contributed by atoms with Crippen molar-refractivity contribution in [2.75, 3.05) is 0 Å². The maximum atomic E-state index is 12.2. The van der Waals surface area contributed by atoms with Gasteiger partial charge in [0.25, 0.3) is 0 Å². The van der Waals surface area contributed by atoms with Gasteiger partial charge in [0.1, 0.15) is 16.9 Å². The summed E-state index contributed by atoms with van der Waals surface area (Å²) in [4.78, 5) is 21.1. The van der Waals surface area contributed by atoms with Crippen LogP contribution in [0.1, 0.15) is 5.56 Å². The molecule has 0 fully saturated rings. The van der Waals surface area contributed by atoms with Crippen molar-refractivity contribution in [1.29, 1.82) is 0 Å². The van der Waals surface area contributed by atoms with E-state index in [0.29, 0.717) is 11.3 Å². The van der Waals surface area contributed by atoms with Gasteiger partial charge < -0.3 is 4.42 Å². The number of aromatic nitrogens is 4. The Balaban J connectivity index is 1.43. The molecule has 0 radical (unpaired) electrons. The number of fused-ring (bicyclic) bond motifs is 4. The van der Waals surface area contributed by atoms with E-state index in [-0.39, 0.29) is 5.63 Å². The Bertz CT molecular complexity index is 1660. The van der Waals surface area contributed by atoms with Crippen molar-refractivity contribution in [1.82, 2.24) is 19.7 Å². The monoisotopic (exact) mass is 436 g/mol. The molecule has 6 aromatic rings. The minimum atomic E-state index is -0.354. The molecule has 7 heteroatoms. The van der Waals surface area contributed by atoms with Crippen LogP contribution in [0, 0.1) is 0 Å². The largest absolute Gasteiger partial charge is 0.423 e. The lowest BCUT2D eigenvalue weighted by atomic mass is 10.0. The van der Waals surface area contributed by atoms with Crippen LogP contribution in [0.15, 0.2) is 99.6 Å². The normalized spacial score (nSPS) is 11.5. The van der Waals surface area contributed by atoms with Gasteiger partial charge in [-0.1, -0.05) is 48.5 Å². The Morgan fingerprint density at radius 3 is 2.66 bits per heavy atom. The van der Waals surface area contributed by atoms with Crippen LogP contribution in [-0.4, -0.2) is 19.7 Å². The smallest absolute Gasteiger partial charge is 0.336 e. The van der Waals surface area contributed by atoms with Crippen molar-refractivity contribution in [3.05, 3.63) is 101 Å². The Hall–Kier alpha value is -3.97. The SMILES string of the molecule is O=c1cc(CSc2ncnc3c2cnn3-c2ccccc2)c2c(ccc3ccccc32)o1. The molecule has 154 valence electrons. The first-order valence-electron chi connectivity index (χ1n) is 10.1. The average Bonchev–Trinajstić information content (AvgIpc) is 3.27. The Labute approximate surface area is 186 Å². The topological polar surface area (TPSA) is 73.8 Å². The highest BCUT2D eigenvalue weighted by atomic mass is 32.2. The van der Waals surface area contributed by atoms with Crippen molar-refractivity contribution < 1.29 is 4.42 Å². The van der Waals surface area contributed by atoms with Gasteiger partial charge in [0, 0.05) is 17.2 Å². The molecule has 0 aliphatic carbocycles. The molecule has 0 saturated carbocycles. The van der Waals surface area contributed by atoms with Crippen LogP contribution < -0.4 is 5.63 Å². The molecule has 0 saturated heterocycles. The van der Waals surface area contributed by atoms with Crippen molar-refractivity contribution in [3.63, 3.8) is 0 Å². The fourth-order valence-corrected chi connectivity index (χ4v) is 4.92. The number of thioether (sulfide) groups is 1. The fourth-order valence-electron chi connectivity index (χ4n) is 3.98. The molecule has 0 unspecified atom stereocenters. The minimum Gasteiger partial charge on any atom is -0.423 e. The fraction of sp³-hybridized carbons (Fsp3) is 0.0400. The number of hydrogen-bond acceptors (Lipinski definition) is 6. The van der Waals surface area contributed by atoms with Crippen molar-refractivity contribution >= 4 is 44.5 Å². The number of rotatable bonds is 4. The summed E-state index contributed by atoms with van der Waals surface area (Å²) in [6.07, 6.45) is 3.34. The van der Waals surface area contributed by atoms with Crippen LogP contribution in [-0.2, 0) is 5.75 Å². The van der Waals surface area contributed by atoms with Gasteiger partial charge in [-0.25, -0.2) is 19.4 Å². The summed E-state index contributed by atoms with van der Waals surface area (Å²) in [5, 5.41) is 9.34. The number of benzene rings is 3. The maximum absolute atomic E-state index is 12.2. The van der Waals surface area contributed by atoms with Crippen molar-refractivity contribution in [2.24, 2.45) is 0 Å². The van der Waals surface area contributed by atoms with Crippen LogP contribution in [0.25, 0.3) is 38.5 Å². The summed E-state index contributed by atoms with van der Waals surface area (Å²) < 4.78 is 7.29. The van der Waals surface area contributed by atoms with Gasteiger partial charge in [-0.15, -0.1) is 11.8 Å². The molecule has 3 aromatic heterocycles. The van der Waals surface area contributed by atoms with E-state index in [0.717, 1.165) is 43.5 Å². The zero-order chi connectivity index (χ0) is 21.5. The van der Waals surface area contributed by atoms with E-state index in [1.54, 1.807) is 35.0 Å². The molecule has 0 aliphatic rings. The molecule has 0 amide bonds. The van der Waals surface area contributed by atoms with Gasteiger partial charge >= 0.3 is 5.63 Å². The van der Waals surface area contributed by atoms with E-state index in [9.17, 15) is 4.79 Å². The van der Waals surface area contributed by atoms with Crippen LogP contribution in [0.4, 0.5) is 0 Å². The summed E-state index contributed by atoms with van der Waals surface area (Å²) in [6.45, 7) is 0. The predicted molar refractivity (Wildman–Crippen MR) is 126 cm³/mol. The van der Waals surface area contributed by atoms with Crippen molar-refractivity contribution in [3.8, 4) is 5.69 Å². The lowest BCUT2D eigenvalue weighted by Gasteiger charge is -2.09. The summed E-state index contributed by atoms with van der Waals surface area (Å²) in [7, 11) is 0. The molecule has 3 aromatic carbocycles. The highest BCUT2D eigenvalue weighted by Gasteiger charge is 2.14. The molecule has 0 atom stereocenters. The first kappa shape index (κ1) is 18.8. The molecule has 0 N–H and O–H groups in total. The van der Waals surface area contributed by atoms with Crippen LogP contribution in [0.2, 0.25) is 0 Å². The van der Waals surface area contributed by atoms with E-state index in [2.05, 4.69) is 27.2 Å². The van der Waals surface area contributed by atoms with Crippen LogP contribution >= 0.6 is 11.8 Å². The second-order valence-corrected chi connectivity index (χ2v) is 8.31. The van der Waals surface area contributed by atoms with E-state index < -0.39 is 0 Å². The zero-order valence-electron chi connectivity index (χ0n) is 16.8. The van der Waals surface area contributed by atoms with Gasteiger partial charge in [0.15, 0.2) is 5.65 Å². The first-order chi connectivity index (χ1) is 15.8. The predicted octanol–water partition coefficient (Wildman–Crippen LogP) is 5.37. The average molecular weight is 436 g/mol. The lowest BCUT2D eigenvalue weighted by molar-refractivity contribution is 0.560. The Kier molecular flexibility index (Phi) is 4.47. The number of para-hydroxylation sites is 1.